The lowest BCUT2D eigenvalue weighted by Gasteiger charge is -2.26. The van der Waals surface area contributed by atoms with Crippen LogP contribution in [0.5, 0.6) is 5.75 Å². The normalized spacial score (nSPS) is 12.6. The van der Waals surface area contributed by atoms with Crippen molar-refractivity contribution in [2.75, 3.05) is 12.3 Å². The van der Waals surface area contributed by atoms with Crippen LogP contribution in [0.1, 0.15) is 48.3 Å². The number of hydrogen-bond acceptors (Lipinski definition) is 6. The summed E-state index contributed by atoms with van der Waals surface area (Å²) < 4.78 is 38.1. The van der Waals surface area contributed by atoms with E-state index >= 15 is 0 Å². The Bertz CT molecular complexity index is 1120. The van der Waals surface area contributed by atoms with Crippen molar-refractivity contribution in [3.05, 3.63) is 89.2 Å². The van der Waals surface area contributed by atoms with Gasteiger partial charge in [-0.2, -0.15) is 0 Å². The largest absolute Gasteiger partial charge is 0.489 e. The number of ether oxygens (including phenoxy) is 2. The van der Waals surface area contributed by atoms with E-state index in [-0.39, 0.29) is 23.7 Å². The second-order valence-corrected chi connectivity index (χ2v) is 7.93. The van der Waals surface area contributed by atoms with Crippen molar-refractivity contribution in [3.63, 3.8) is 0 Å². The van der Waals surface area contributed by atoms with Gasteiger partial charge in [0.25, 0.3) is 5.91 Å². The van der Waals surface area contributed by atoms with Crippen molar-refractivity contribution in [1.82, 2.24) is 10.3 Å². The molecule has 0 aliphatic carbocycles. The number of nitrogens with two attached hydrogens (primary N) is 1. The predicted octanol–water partition coefficient (Wildman–Crippen LogP) is 4.22. The molecule has 0 aliphatic heterocycles. The number of aromatic nitrogens is 1. The number of hydrogen-bond donors (Lipinski definition) is 2. The number of anilines is 1. The summed E-state index contributed by atoms with van der Waals surface area (Å²) in [7, 11) is 0. The van der Waals surface area contributed by atoms with Crippen molar-refractivity contribution in [1.29, 1.82) is 0 Å². The molecule has 3 aromatic rings. The lowest BCUT2D eigenvalue weighted by atomic mass is 9.87. The third-order valence-electron chi connectivity index (χ3n) is 5.37. The average Bonchev–Trinajstić information content (AvgIpc) is 2.83. The summed E-state index contributed by atoms with van der Waals surface area (Å²) in [6.07, 6.45) is 0.649. The second-order valence-electron chi connectivity index (χ2n) is 7.93. The second kappa shape index (κ2) is 11.4. The number of amides is 1. The average molecular weight is 484 g/mol. The van der Waals surface area contributed by atoms with Crippen molar-refractivity contribution in [3.8, 4) is 5.75 Å². The Labute approximate surface area is 202 Å². The van der Waals surface area contributed by atoms with E-state index in [1.54, 1.807) is 38.1 Å². The maximum Gasteiger partial charge on any atom is 0.328 e. The quantitative estimate of drug-likeness (QED) is 0.442. The highest BCUT2D eigenvalue weighted by molar-refractivity contribution is 5.98. The van der Waals surface area contributed by atoms with E-state index in [2.05, 4.69) is 10.3 Å². The molecule has 7 nitrogen and oxygen atoms in total. The van der Waals surface area contributed by atoms with E-state index in [9.17, 15) is 18.4 Å². The Kier molecular flexibility index (Phi) is 8.35. The van der Waals surface area contributed by atoms with Gasteiger partial charge in [-0.1, -0.05) is 24.3 Å². The number of rotatable bonds is 9. The number of benzene rings is 2. The zero-order valence-corrected chi connectivity index (χ0v) is 19.6. The molecule has 0 saturated heterocycles. The summed E-state index contributed by atoms with van der Waals surface area (Å²) in [5.41, 5.74) is 7.44. The molecule has 1 aromatic heterocycles. The molecule has 1 heterocycles. The molecule has 0 bridgehead atoms. The van der Waals surface area contributed by atoms with Gasteiger partial charge in [0.2, 0.25) is 0 Å². The molecule has 0 fully saturated rings. The summed E-state index contributed by atoms with van der Waals surface area (Å²) in [5, 5.41) is 2.55. The fourth-order valence-corrected chi connectivity index (χ4v) is 3.67. The number of halogens is 2. The molecule has 3 rings (SSSR count). The van der Waals surface area contributed by atoms with Crippen LogP contribution in [0, 0.1) is 11.6 Å². The zero-order valence-electron chi connectivity index (χ0n) is 19.6. The van der Waals surface area contributed by atoms with Gasteiger partial charge < -0.3 is 20.5 Å². The highest BCUT2D eigenvalue weighted by Gasteiger charge is 2.28. The molecule has 1 amide bonds. The van der Waals surface area contributed by atoms with Gasteiger partial charge in [0.1, 0.15) is 23.8 Å². The van der Waals surface area contributed by atoms with Gasteiger partial charge in [0.05, 0.1) is 12.3 Å². The van der Waals surface area contributed by atoms with Crippen LogP contribution in [-0.4, -0.2) is 35.6 Å². The van der Waals surface area contributed by atoms with Crippen molar-refractivity contribution in [2.45, 2.75) is 38.8 Å². The number of pyridine rings is 1. The topological polar surface area (TPSA) is 104 Å². The van der Waals surface area contributed by atoms with Crippen molar-refractivity contribution < 1.29 is 27.8 Å². The van der Waals surface area contributed by atoms with E-state index in [0.29, 0.717) is 11.1 Å². The Morgan fingerprint density at radius 1 is 0.971 bits per heavy atom. The van der Waals surface area contributed by atoms with Crippen LogP contribution in [0.4, 0.5) is 14.5 Å². The maximum atomic E-state index is 13.5. The highest BCUT2D eigenvalue weighted by Crippen LogP contribution is 2.30. The monoisotopic (exact) mass is 483 g/mol. The number of nitrogen functional groups attached to an aromatic ring is 1. The first kappa shape index (κ1) is 25.6. The lowest BCUT2D eigenvalue weighted by Crippen LogP contribution is -2.41. The minimum Gasteiger partial charge on any atom is -0.489 e. The summed E-state index contributed by atoms with van der Waals surface area (Å²) in [5.74, 6) is -2.52. The van der Waals surface area contributed by atoms with E-state index < -0.39 is 41.6 Å². The molecule has 184 valence electrons. The third-order valence-corrected chi connectivity index (χ3v) is 5.37. The van der Waals surface area contributed by atoms with Crippen molar-refractivity contribution in [2.24, 2.45) is 0 Å². The molecule has 35 heavy (non-hydrogen) atoms. The number of carbonyl (C=O) groups excluding carboxylic acids is 2. The van der Waals surface area contributed by atoms with E-state index in [1.807, 2.05) is 0 Å². The van der Waals surface area contributed by atoms with Crippen LogP contribution in [0.25, 0.3) is 0 Å². The molecule has 0 aliphatic rings. The van der Waals surface area contributed by atoms with Crippen molar-refractivity contribution >= 4 is 17.6 Å². The standard InChI is InChI=1S/C26H27F2N3O4/c1-4-34-24-21(29)13-14-30-23(24)25(32)31-15(2)26(33)35-16(3)22(17-5-9-19(27)10-6-17)18-7-11-20(28)12-8-18/h5-16,22H,4H2,1-3H3,(H2,29,30)(H,31,32). The van der Waals surface area contributed by atoms with Gasteiger partial charge in [-0.15, -0.1) is 0 Å². The third kappa shape index (κ3) is 6.32. The Balaban J connectivity index is 1.76. The first-order valence-electron chi connectivity index (χ1n) is 11.1. The van der Waals surface area contributed by atoms with Gasteiger partial charge in [0, 0.05) is 12.1 Å². The summed E-state index contributed by atoms with van der Waals surface area (Å²) in [6, 6.07) is 12.0. The van der Waals surface area contributed by atoms with Gasteiger partial charge in [0.15, 0.2) is 11.4 Å². The molecule has 0 radical (unpaired) electrons. The molecule has 9 heteroatoms. The van der Waals surface area contributed by atoms with Gasteiger partial charge in [-0.05, 0) is 62.2 Å². The molecular weight excluding hydrogens is 456 g/mol. The molecule has 3 N–H and O–H groups in total. The van der Waals surface area contributed by atoms with E-state index in [0.717, 1.165) is 0 Å². The Hall–Kier alpha value is -4.01. The van der Waals surface area contributed by atoms with Gasteiger partial charge >= 0.3 is 5.97 Å². The van der Waals surface area contributed by atoms with Gasteiger partial charge in [-0.25, -0.2) is 18.6 Å². The summed E-state index contributed by atoms with van der Waals surface area (Å²) in [6.45, 7) is 5.18. The van der Waals surface area contributed by atoms with E-state index in [1.165, 1.54) is 43.5 Å². The van der Waals surface area contributed by atoms with Crippen LogP contribution in [0.15, 0.2) is 60.8 Å². The number of carbonyl (C=O) groups is 2. The molecule has 2 atom stereocenters. The maximum absolute atomic E-state index is 13.5. The number of nitrogens with zero attached hydrogens (tertiary/aromatic N) is 1. The lowest BCUT2D eigenvalue weighted by molar-refractivity contribution is -0.150. The highest BCUT2D eigenvalue weighted by atomic mass is 19.1. The first-order valence-corrected chi connectivity index (χ1v) is 11.1. The minimum absolute atomic E-state index is 0.0463. The zero-order chi connectivity index (χ0) is 25.5. The minimum atomic E-state index is -1.02. The Morgan fingerprint density at radius 3 is 2.03 bits per heavy atom. The Morgan fingerprint density at radius 2 is 1.51 bits per heavy atom. The fourth-order valence-electron chi connectivity index (χ4n) is 3.67. The number of esters is 1. The van der Waals surface area contributed by atoms with Crippen LogP contribution in [-0.2, 0) is 9.53 Å². The SMILES string of the molecule is CCOc1c(N)ccnc1C(=O)NC(C)C(=O)OC(C)C(c1ccc(F)cc1)c1ccc(F)cc1. The fraction of sp³-hybridized carbons (Fsp3) is 0.269. The molecule has 0 spiro atoms. The molecule has 0 saturated carbocycles. The smallest absolute Gasteiger partial charge is 0.328 e. The van der Waals surface area contributed by atoms with Crippen LogP contribution in [0.3, 0.4) is 0 Å². The van der Waals surface area contributed by atoms with Crippen LogP contribution in [0.2, 0.25) is 0 Å². The first-order chi connectivity index (χ1) is 16.7. The van der Waals surface area contributed by atoms with E-state index in [4.69, 9.17) is 15.2 Å². The predicted molar refractivity (Wildman–Crippen MR) is 127 cm³/mol. The molecule has 2 aromatic carbocycles. The van der Waals surface area contributed by atoms with Crippen LogP contribution < -0.4 is 15.8 Å². The van der Waals surface area contributed by atoms with Crippen LogP contribution >= 0.6 is 0 Å². The molecule has 2 unspecified atom stereocenters. The number of nitrogens with one attached hydrogen (secondary N) is 1. The van der Waals surface area contributed by atoms with Gasteiger partial charge in [-0.3, -0.25) is 4.79 Å². The molecular formula is C26H27F2N3O4. The summed E-state index contributed by atoms with van der Waals surface area (Å²) in [4.78, 5) is 29.6. The summed E-state index contributed by atoms with van der Waals surface area (Å²) >= 11 is 0.